The molecule has 12 aromatic heterocycles. The molecule has 0 spiro atoms. The number of nitrogens with zero attached hydrogens (tertiary/aromatic N) is 15. The third-order valence-electron chi connectivity index (χ3n) is 19.2. The summed E-state index contributed by atoms with van der Waals surface area (Å²) in [6.07, 6.45) is -4.05. The molecule has 16 rings (SSSR count). The minimum atomic E-state index is -4.56. The molecule has 0 bridgehead atoms. The number of nitrogens with two attached hydrogens (primary N) is 1. The first kappa shape index (κ1) is 76.5. The smallest absolute Gasteiger partial charge is 0.418 e. The molecule has 2 unspecified atom stereocenters. The van der Waals surface area contributed by atoms with Gasteiger partial charge in [0.05, 0.1) is 51.6 Å². The van der Waals surface area contributed by atoms with E-state index in [-0.39, 0.29) is 100 Å². The van der Waals surface area contributed by atoms with Gasteiger partial charge in [-0.15, -0.1) is 0 Å². The molecule has 12 aromatic rings. The number of alkyl halides is 12. The Hall–Kier alpha value is -10.7. The Morgan fingerprint density at radius 2 is 0.807 bits per heavy atom. The van der Waals surface area contributed by atoms with Gasteiger partial charge >= 0.3 is 24.7 Å². The van der Waals surface area contributed by atoms with Crippen molar-refractivity contribution in [2.24, 2.45) is 11.7 Å². The van der Waals surface area contributed by atoms with Gasteiger partial charge in [-0.05, 0) is 164 Å². The highest BCUT2D eigenvalue weighted by Crippen LogP contribution is 2.44. The van der Waals surface area contributed by atoms with E-state index in [1.807, 2.05) is 7.05 Å². The molecule has 0 radical (unpaired) electrons. The van der Waals surface area contributed by atoms with Gasteiger partial charge in [0.2, 0.25) is 23.5 Å². The van der Waals surface area contributed by atoms with Crippen LogP contribution in [0.5, 0.6) is 23.5 Å². The van der Waals surface area contributed by atoms with Crippen LogP contribution in [0, 0.1) is 5.92 Å². The molecule has 3 saturated heterocycles. The number of nitrogens with one attached hydrogen (secondary N) is 4. The number of pyridine rings is 8. The number of fused-ring (bicyclic) bond motifs is 4. The quantitative estimate of drug-likeness (QED) is 0.0596. The number of rotatable bonds is 15. The molecule has 6 N–H and O–H groups in total. The second-order valence-corrected chi connectivity index (χ2v) is 26.8. The van der Waals surface area contributed by atoms with Gasteiger partial charge in [-0.25, -0.2) is 39.9 Å². The number of piperidine rings is 1. The molecule has 1 saturated carbocycles. The zero-order valence-corrected chi connectivity index (χ0v) is 58.9. The summed E-state index contributed by atoms with van der Waals surface area (Å²) < 4.78 is 186. The summed E-state index contributed by atoms with van der Waals surface area (Å²) in [5.41, 5.74) is 3.58. The zero-order chi connectivity index (χ0) is 76.8. The van der Waals surface area contributed by atoms with E-state index in [1.54, 1.807) is 48.5 Å². The maximum Gasteiger partial charge on any atom is 0.418 e. The van der Waals surface area contributed by atoms with Gasteiger partial charge in [-0.1, -0.05) is 6.92 Å². The van der Waals surface area contributed by atoms with Crippen molar-refractivity contribution >= 4 is 44.1 Å². The SMILES string of the molecule is CCN1CCC(Oc2ccc(C(F)(F)F)c(-c3[nH]nc4ncccc34)n2)C1.CN1CCCC(COc2ccc(C(F)(F)F)c(-c3[nH]nc4ncccc34)n2)C1.CN1CCC[C@H]1COc1ccc(C(F)(F)F)c(-c2[nH]nc3ncccc23)n1.NC1CCC(Oc2ccc(C(F)(F)F)c(-c3[nH]nc4ncccc34)n2)CC1.[HH].[HH].[HH].[HH].[HH]. The Balaban J connectivity index is 0.000000188. The second-order valence-electron chi connectivity index (χ2n) is 26.8. The number of ether oxygens (including phenoxy) is 4. The van der Waals surface area contributed by atoms with E-state index in [9.17, 15) is 52.7 Å². The third kappa shape index (κ3) is 18.2. The van der Waals surface area contributed by atoms with Crippen molar-refractivity contribution in [3.8, 4) is 69.1 Å². The topological polar surface area (TPSA) is 290 Å². The van der Waals surface area contributed by atoms with Crippen LogP contribution >= 0.6 is 0 Å². The van der Waals surface area contributed by atoms with Crippen LogP contribution in [0.3, 0.4) is 0 Å². The lowest BCUT2D eigenvalue weighted by molar-refractivity contribution is -0.138. The van der Waals surface area contributed by atoms with Crippen LogP contribution in [0.15, 0.2) is 122 Å². The fourth-order valence-corrected chi connectivity index (χ4v) is 13.6. The minimum Gasteiger partial charge on any atom is -0.477 e. The molecule has 584 valence electrons. The molecule has 109 heavy (non-hydrogen) atoms. The molecule has 0 aromatic carbocycles. The van der Waals surface area contributed by atoms with Gasteiger partial charge in [-0.2, -0.15) is 73.1 Å². The van der Waals surface area contributed by atoms with Gasteiger partial charge in [0, 0.05) is 115 Å². The maximum atomic E-state index is 13.6. The first-order chi connectivity index (χ1) is 52.2. The summed E-state index contributed by atoms with van der Waals surface area (Å²) in [7, 11) is 4.06. The van der Waals surface area contributed by atoms with Gasteiger partial charge < -0.3 is 34.5 Å². The van der Waals surface area contributed by atoms with Crippen molar-refractivity contribution in [3.05, 3.63) is 144 Å². The van der Waals surface area contributed by atoms with Crippen molar-refractivity contribution in [1.82, 2.24) is 95.4 Å². The normalized spacial score (nSPS) is 19.0. The highest BCUT2D eigenvalue weighted by atomic mass is 19.4. The lowest BCUT2D eigenvalue weighted by atomic mass is 9.94. The first-order valence-electron chi connectivity index (χ1n) is 35.2. The Kier molecular flexibility index (Phi) is 22.9. The number of aromatic nitrogens is 16. The molecule has 4 fully saturated rings. The van der Waals surface area contributed by atoms with Crippen LogP contribution in [0.2, 0.25) is 0 Å². The predicted octanol–water partition coefficient (Wildman–Crippen LogP) is 15.7. The lowest BCUT2D eigenvalue weighted by Gasteiger charge is -2.29. The molecule has 15 heterocycles. The highest BCUT2D eigenvalue weighted by Gasteiger charge is 2.41. The van der Waals surface area contributed by atoms with Crippen molar-refractivity contribution in [2.75, 3.05) is 66.6 Å². The summed E-state index contributed by atoms with van der Waals surface area (Å²) in [6.45, 7) is 8.40. The van der Waals surface area contributed by atoms with E-state index >= 15 is 0 Å². The number of likely N-dealkylation sites (tertiary alicyclic amines) is 3. The zero-order valence-electron chi connectivity index (χ0n) is 58.9. The van der Waals surface area contributed by atoms with E-state index in [0.717, 1.165) is 121 Å². The fourth-order valence-electron chi connectivity index (χ4n) is 13.6. The van der Waals surface area contributed by atoms with Crippen molar-refractivity contribution in [1.29, 1.82) is 0 Å². The van der Waals surface area contributed by atoms with Crippen LogP contribution in [-0.4, -0.2) is 186 Å². The van der Waals surface area contributed by atoms with E-state index in [4.69, 9.17) is 24.7 Å². The third-order valence-corrected chi connectivity index (χ3v) is 19.2. The summed E-state index contributed by atoms with van der Waals surface area (Å²) in [5, 5.41) is 28.4. The van der Waals surface area contributed by atoms with Crippen molar-refractivity contribution in [3.63, 3.8) is 0 Å². The second kappa shape index (κ2) is 32.6. The summed E-state index contributed by atoms with van der Waals surface area (Å²) >= 11 is 0. The van der Waals surface area contributed by atoms with Gasteiger partial charge in [0.25, 0.3) is 0 Å². The fraction of sp³-hybridized carbons (Fsp3) is 0.397. The number of likely N-dealkylation sites (N-methyl/N-ethyl adjacent to an activating group) is 2. The van der Waals surface area contributed by atoms with Gasteiger partial charge in [0.1, 0.15) is 41.6 Å². The summed E-state index contributed by atoms with van der Waals surface area (Å²) in [4.78, 5) is 39.5. The summed E-state index contributed by atoms with van der Waals surface area (Å²) in [5.74, 6) is 0.994. The molecule has 3 atom stereocenters. The number of aromatic amines is 4. The number of halogens is 12. The van der Waals surface area contributed by atoms with Crippen LogP contribution in [0.4, 0.5) is 52.7 Å². The van der Waals surface area contributed by atoms with E-state index in [1.165, 1.54) is 49.1 Å². The minimum absolute atomic E-state index is 0. The van der Waals surface area contributed by atoms with Crippen LogP contribution in [-0.2, 0) is 24.7 Å². The number of hydrogen-bond acceptors (Lipinski definition) is 20. The Morgan fingerprint density at radius 1 is 0.431 bits per heavy atom. The van der Waals surface area contributed by atoms with Crippen molar-refractivity contribution in [2.45, 2.75) is 114 Å². The molecule has 0 amide bonds. The molecule has 36 heteroatoms. The number of hydrogen-bond donors (Lipinski definition) is 5. The average Bonchev–Trinajstić information content (AvgIpc) is 1.53. The predicted molar refractivity (Wildman–Crippen MR) is 388 cm³/mol. The Bertz CT molecular complexity index is 4970. The van der Waals surface area contributed by atoms with Crippen molar-refractivity contribution < 1.29 is 78.8 Å². The lowest BCUT2D eigenvalue weighted by Crippen LogP contribution is -2.34. The number of H-pyrrole nitrogens is 4. The Morgan fingerprint density at radius 3 is 1.17 bits per heavy atom. The van der Waals surface area contributed by atoms with Crippen LogP contribution in [0.25, 0.3) is 89.7 Å². The first-order valence-corrected chi connectivity index (χ1v) is 35.2. The van der Waals surface area contributed by atoms with Crippen LogP contribution in [0.1, 0.15) is 94.1 Å². The maximum absolute atomic E-state index is 13.6. The largest absolute Gasteiger partial charge is 0.477 e. The Labute approximate surface area is 621 Å². The molecular weight excluding hydrogens is 1450 g/mol. The summed E-state index contributed by atoms with van der Waals surface area (Å²) in [6, 6.07) is 22.7. The van der Waals surface area contributed by atoms with E-state index < -0.39 is 47.0 Å². The standard InChI is InChI=1S/C19H20F3N5O.3C18H18F3N5O.5H2/c1-27-9-3-4-12(10-27)11-28-15-7-6-14(19(20,21)22)17(24-15)16-13-5-2-8-23-18(13)26-25-16;1-26-9-3-4-11(26)10-27-14-7-6-13(18(19,20)21)16(23-14)15-12-5-2-8-22-17(12)25-24-15;19-18(20,21)13-7-8-14(27-11-5-3-10(22)4-6-11)24-16(13)15-12-2-1-9-23-17(12)26-25-15;1-2-26-9-7-11(10-26)27-14-6-5-13(18(19,20)21)16(23-14)15-12-4-3-8-22-17(12)25-24-15;;;;;/h2,5-8,12H,3-4,9-11H2,1H3,(H,23,25,26);2,5-8,11H,3-4,9-10H2,1H3,(H,22,24,25);1-2,7-11H,3-6,22H2,(H,23,25,26);3-6,8,11H,2,7,9-10H2,1H3,(H,22,24,25);5*1H/t;11-;;;;;;;/m.0......./s1. The molecule has 24 nitrogen and oxygen atoms in total. The average molecular weight is 1530 g/mol. The van der Waals surface area contributed by atoms with E-state index in [2.05, 4.69) is 109 Å². The highest BCUT2D eigenvalue weighted by molar-refractivity contribution is 5.93. The molecule has 4 aliphatic rings. The molecular formula is C73H84F12N20O4. The van der Waals surface area contributed by atoms with Crippen LogP contribution < -0.4 is 24.7 Å². The van der Waals surface area contributed by atoms with Gasteiger partial charge in [-0.3, -0.25) is 25.3 Å². The molecule has 3 aliphatic heterocycles. The monoisotopic (exact) mass is 1530 g/mol. The van der Waals surface area contributed by atoms with Gasteiger partial charge in [0.15, 0.2) is 22.6 Å². The molecule has 1 aliphatic carbocycles. The van der Waals surface area contributed by atoms with E-state index in [0.29, 0.717) is 63.3 Å².